The molecule has 14 heteroatoms. The smallest absolute Gasteiger partial charge is 0.282 e. The number of methoxy groups -OCH3 is 3. The normalized spacial score (nSPS) is 19.7. The number of benzene rings is 1. The van der Waals surface area contributed by atoms with Crippen molar-refractivity contribution in [3.63, 3.8) is 0 Å². The zero-order chi connectivity index (χ0) is 36.9. The van der Waals surface area contributed by atoms with E-state index in [9.17, 15) is 22.8 Å². The molecule has 280 valence electrons. The van der Waals surface area contributed by atoms with E-state index in [0.29, 0.717) is 80.2 Å². The molecule has 13 nitrogen and oxygen atoms in total. The number of hydrogen-bond donors (Lipinski definition) is 2. The Morgan fingerprint density at radius 3 is 2.24 bits per heavy atom. The predicted molar refractivity (Wildman–Crippen MR) is 197 cm³/mol. The van der Waals surface area contributed by atoms with E-state index in [-0.39, 0.29) is 41.9 Å². The zero-order valence-corrected chi connectivity index (χ0v) is 31.6. The lowest BCUT2D eigenvalue weighted by Gasteiger charge is -2.32. The van der Waals surface area contributed by atoms with Crippen LogP contribution in [0.4, 0.5) is 5.69 Å². The number of anilines is 1. The lowest BCUT2D eigenvalue weighted by molar-refractivity contribution is -0.133. The van der Waals surface area contributed by atoms with E-state index in [0.717, 1.165) is 30.4 Å². The molecule has 1 aliphatic carbocycles. The van der Waals surface area contributed by atoms with E-state index in [1.165, 1.54) is 24.4 Å². The van der Waals surface area contributed by atoms with Crippen molar-refractivity contribution in [3.8, 4) is 28.4 Å². The third-order valence-corrected chi connectivity index (χ3v) is 12.5. The number of rotatable bonds is 11. The number of aryl methyl sites for hydroxylation is 1. The molecule has 0 radical (unpaired) electrons. The summed E-state index contributed by atoms with van der Waals surface area (Å²) < 4.78 is 47.2. The molecule has 2 heterocycles. The molecule has 0 bridgehead atoms. The molecule has 2 fully saturated rings. The van der Waals surface area contributed by atoms with Crippen LogP contribution < -0.4 is 30.3 Å². The number of ether oxygens (including phenoxy) is 3. The van der Waals surface area contributed by atoms with E-state index in [2.05, 4.69) is 10.6 Å². The Bertz CT molecular complexity index is 1760. The van der Waals surface area contributed by atoms with Gasteiger partial charge in [0.2, 0.25) is 23.0 Å². The number of fused-ring (bicyclic) bond motifs is 3. The highest BCUT2D eigenvalue weighted by molar-refractivity contribution is 7.86. The molecule has 2 N–H and O–H groups in total. The van der Waals surface area contributed by atoms with Gasteiger partial charge in [0.05, 0.1) is 33.1 Å². The molecule has 3 unspecified atom stereocenters. The van der Waals surface area contributed by atoms with E-state index in [1.54, 1.807) is 29.5 Å². The second kappa shape index (κ2) is 16.6. The molecule has 2 aromatic carbocycles. The fourth-order valence-corrected chi connectivity index (χ4v) is 9.20. The molecule has 3 atom stereocenters. The van der Waals surface area contributed by atoms with Gasteiger partial charge in [-0.1, -0.05) is 32.8 Å². The van der Waals surface area contributed by atoms with Crippen molar-refractivity contribution in [2.24, 2.45) is 5.92 Å². The van der Waals surface area contributed by atoms with Crippen molar-refractivity contribution in [1.82, 2.24) is 18.8 Å². The van der Waals surface area contributed by atoms with E-state index >= 15 is 0 Å². The van der Waals surface area contributed by atoms with E-state index < -0.39 is 22.3 Å². The maximum atomic E-state index is 14.2. The number of piperidine rings is 1. The molecule has 51 heavy (non-hydrogen) atoms. The zero-order valence-electron chi connectivity index (χ0n) is 30.7. The predicted octanol–water partition coefficient (Wildman–Crippen LogP) is 3.95. The van der Waals surface area contributed by atoms with Crippen LogP contribution in [-0.2, 0) is 26.2 Å². The minimum atomic E-state index is -3.60. The highest BCUT2D eigenvalue weighted by Gasteiger charge is 2.36. The van der Waals surface area contributed by atoms with Gasteiger partial charge in [0.1, 0.15) is 6.04 Å². The second-order valence-corrected chi connectivity index (χ2v) is 15.6. The van der Waals surface area contributed by atoms with Crippen molar-refractivity contribution < 1.29 is 32.2 Å². The van der Waals surface area contributed by atoms with Crippen LogP contribution in [0.2, 0.25) is 0 Å². The molecule has 5 rings (SSSR count). The summed E-state index contributed by atoms with van der Waals surface area (Å²) in [6, 6.07) is 5.77. The van der Waals surface area contributed by atoms with Crippen LogP contribution in [0.15, 0.2) is 29.1 Å². The van der Waals surface area contributed by atoms with E-state index in [4.69, 9.17) is 14.2 Å². The first kappa shape index (κ1) is 38.4. The molecule has 0 aromatic heterocycles. The van der Waals surface area contributed by atoms with Gasteiger partial charge in [0.15, 0.2) is 11.5 Å². The minimum absolute atomic E-state index is 0.138. The molecule has 2 aliphatic heterocycles. The Morgan fingerprint density at radius 1 is 0.902 bits per heavy atom. The van der Waals surface area contributed by atoms with Crippen LogP contribution in [0.5, 0.6) is 17.2 Å². The van der Waals surface area contributed by atoms with Gasteiger partial charge in [0, 0.05) is 51.8 Å². The van der Waals surface area contributed by atoms with Crippen LogP contribution >= 0.6 is 0 Å². The summed E-state index contributed by atoms with van der Waals surface area (Å²) in [5.41, 5.74) is 2.89. The SMILES string of the molecule is CCC(C)C(Nc1ccc2c(cc1=O)C(NC(C)=O)CCc1cc(OC)c(OC)c(OC)c1-2)C(=O)N1CCCN(S(=O)(=O)N2CCCCC2)CC1. The van der Waals surface area contributed by atoms with Crippen LogP contribution in [-0.4, -0.2) is 100 Å². The molecule has 2 amide bonds. The fraction of sp³-hybridized carbons (Fsp3) is 0.595. The molecule has 3 aliphatic rings. The molecular formula is C37H53N5O8S. The number of carbonyl (C=O) groups excluding carboxylic acids is 2. The van der Waals surface area contributed by atoms with Crippen molar-refractivity contribution >= 4 is 27.7 Å². The van der Waals surface area contributed by atoms with Gasteiger partial charge in [-0.05, 0) is 72.9 Å². The summed E-state index contributed by atoms with van der Waals surface area (Å²) in [6.45, 7) is 7.73. The van der Waals surface area contributed by atoms with Crippen molar-refractivity contribution in [3.05, 3.63) is 45.6 Å². The van der Waals surface area contributed by atoms with Crippen LogP contribution in [0.25, 0.3) is 11.1 Å². The average Bonchev–Trinajstić information content (AvgIpc) is 3.53. The molecule has 0 saturated carbocycles. The molecule has 0 spiro atoms. The lowest BCUT2D eigenvalue weighted by Crippen LogP contribution is -2.49. The summed E-state index contributed by atoms with van der Waals surface area (Å²) in [7, 11) is 1.05. The summed E-state index contributed by atoms with van der Waals surface area (Å²) in [5, 5.41) is 6.34. The highest BCUT2D eigenvalue weighted by Crippen LogP contribution is 2.50. The van der Waals surface area contributed by atoms with Crippen LogP contribution in [0.3, 0.4) is 0 Å². The van der Waals surface area contributed by atoms with E-state index in [1.807, 2.05) is 26.0 Å². The first-order valence-electron chi connectivity index (χ1n) is 18.0. The Labute approximate surface area is 301 Å². The van der Waals surface area contributed by atoms with Gasteiger partial charge in [-0.15, -0.1) is 0 Å². The van der Waals surface area contributed by atoms with Gasteiger partial charge < -0.3 is 29.7 Å². The second-order valence-electron chi connectivity index (χ2n) is 13.6. The standard InChI is InChI=1S/C37H53N5O8S/c1-7-24(2)34(37(45)40-16-11-19-42(21-20-40)51(46,47)41-17-9-8-10-18-41)39-30-15-13-27-28(23-31(30)44)29(38-25(3)43)14-12-26-22-32(48-4)35(49-5)36(50-6)33(26)27/h13,15,22-24,29,34H,7-12,14,16-21H2,1-6H3,(H,38,43)(H,39,44). The summed E-state index contributed by atoms with van der Waals surface area (Å²) >= 11 is 0. The Kier molecular flexibility index (Phi) is 12.5. The number of hydrogen-bond acceptors (Lipinski definition) is 9. The summed E-state index contributed by atoms with van der Waals surface area (Å²) in [4.78, 5) is 42.4. The maximum absolute atomic E-state index is 14.2. The Balaban J connectivity index is 1.50. The van der Waals surface area contributed by atoms with Crippen molar-refractivity contribution in [2.75, 3.05) is 65.9 Å². The number of nitrogens with one attached hydrogen (secondary N) is 2. The lowest BCUT2D eigenvalue weighted by atomic mass is 9.95. The molecule has 2 saturated heterocycles. The van der Waals surface area contributed by atoms with Gasteiger partial charge in [0.25, 0.3) is 10.2 Å². The first-order valence-corrected chi connectivity index (χ1v) is 19.4. The quantitative estimate of drug-likeness (QED) is 0.351. The largest absolute Gasteiger partial charge is 0.493 e. The summed E-state index contributed by atoms with van der Waals surface area (Å²) in [5.74, 6) is 0.844. The average molecular weight is 728 g/mol. The summed E-state index contributed by atoms with van der Waals surface area (Å²) in [6.07, 6.45) is 5.05. The van der Waals surface area contributed by atoms with Crippen molar-refractivity contribution in [1.29, 1.82) is 0 Å². The topological polar surface area (TPSA) is 147 Å². The molecule has 2 aromatic rings. The van der Waals surface area contributed by atoms with Gasteiger partial charge in [-0.2, -0.15) is 17.0 Å². The Morgan fingerprint density at radius 2 is 1.59 bits per heavy atom. The van der Waals surface area contributed by atoms with Crippen molar-refractivity contribution in [2.45, 2.75) is 77.8 Å². The monoisotopic (exact) mass is 727 g/mol. The Hall–Kier alpha value is -3.88. The fourth-order valence-electron chi connectivity index (χ4n) is 7.48. The molecular weight excluding hydrogens is 675 g/mol. The third kappa shape index (κ3) is 8.12. The highest BCUT2D eigenvalue weighted by atomic mass is 32.2. The maximum Gasteiger partial charge on any atom is 0.282 e. The number of carbonyl (C=O) groups is 2. The van der Waals surface area contributed by atoms with Crippen LogP contribution in [0, 0.1) is 5.92 Å². The number of amides is 2. The van der Waals surface area contributed by atoms with Gasteiger partial charge >= 0.3 is 0 Å². The van der Waals surface area contributed by atoms with Gasteiger partial charge in [-0.25, -0.2) is 0 Å². The first-order chi connectivity index (χ1) is 24.4. The third-order valence-electron chi connectivity index (χ3n) is 10.4. The minimum Gasteiger partial charge on any atom is -0.493 e. The van der Waals surface area contributed by atoms with Crippen LogP contribution in [0.1, 0.15) is 76.5 Å². The van der Waals surface area contributed by atoms with Gasteiger partial charge in [-0.3, -0.25) is 14.4 Å². The number of nitrogens with zero attached hydrogens (tertiary/aromatic N) is 3.